The lowest BCUT2D eigenvalue weighted by Crippen LogP contribution is -2.25. The van der Waals surface area contributed by atoms with E-state index in [1.807, 2.05) is 0 Å². The Morgan fingerprint density at radius 1 is 1.23 bits per heavy atom. The highest BCUT2D eigenvalue weighted by atomic mass is 35.5. The number of halogens is 1. The summed E-state index contributed by atoms with van der Waals surface area (Å²) in [7, 11) is 2.24. The second-order valence-electron chi connectivity index (χ2n) is 4.31. The average molecular weight is 204 g/mol. The Morgan fingerprint density at radius 3 is 2.54 bits per heavy atom. The fraction of sp³-hybridized carbons (Fsp3) is 1.00. The first-order valence-corrected chi connectivity index (χ1v) is 6.11. The zero-order valence-electron chi connectivity index (χ0n) is 8.77. The van der Waals surface area contributed by atoms with Gasteiger partial charge in [0.2, 0.25) is 0 Å². The minimum absolute atomic E-state index is 0.817. The lowest BCUT2D eigenvalue weighted by Gasteiger charge is -2.20. The molecule has 0 atom stereocenters. The number of hydrogen-bond acceptors (Lipinski definition) is 1. The molecule has 0 amide bonds. The summed E-state index contributed by atoms with van der Waals surface area (Å²) >= 11 is 5.64. The minimum atomic E-state index is 0.817. The second-order valence-corrected chi connectivity index (χ2v) is 4.69. The van der Waals surface area contributed by atoms with E-state index in [-0.39, 0.29) is 0 Å². The first kappa shape index (κ1) is 11.3. The molecular formula is C11H22ClN. The molecule has 0 heterocycles. The fourth-order valence-corrected chi connectivity index (χ4v) is 2.39. The smallest absolute Gasteiger partial charge is 0.0223 e. The third-order valence-electron chi connectivity index (χ3n) is 2.97. The number of nitrogens with zero attached hydrogens (tertiary/aromatic N) is 1. The molecule has 0 aromatic heterocycles. The van der Waals surface area contributed by atoms with Crippen molar-refractivity contribution in [3.05, 3.63) is 0 Å². The van der Waals surface area contributed by atoms with E-state index in [9.17, 15) is 0 Å². The van der Waals surface area contributed by atoms with Gasteiger partial charge in [0.25, 0.3) is 0 Å². The molecule has 1 fully saturated rings. The van der Waals surface area contributed by atoms with Gasteiger partial charge in [0.1, 0.15) is 0 Å². The number of hydrogen-bond donors (Lipinski definition) is 0. The van der Waals surface area contributed by atoms with Crippen LogP contribution in [0, 0.1) is 5.92 Å². The van der Waals surface area contributed by atoms with E-state index in [0.29, 0.717) is 0 Å². The maximum absolute atomic E-state index is 5.64. The van der Waals surface area contributed by atoms with Crippen LogP contribution in [0.25, 0.3) is 0 Å². The molecule has 13 heavy (non-hydrogen) atoms. The number of unbranched alkanes of at least 4 members (excludes halogenated alkanes) is 1. The van der Waals surface area contributed by atoms with Crippen molar-refractivity contribution in [2.75, 3.05) is 26.0 Å². The Bertz CT molecular complexity index is 121. The van der Waals surface area contributed by atoms with Crippen molar-refractivity contribution < 1.29 is 0 Å². The van der Waals surface area contributed by atoms with E-state index >= 15 is 0 Å². The van der Waals surface area contributed by atoms with Crippen molar-refractivity contribution in [3.63, 3.8) is 0 Å². The molecule has 1 saturated carbocycles. The quantitative estimate of drug-likeness (QED) is 0.474. The molecule has 0 saturated heterocycles. The van der Waals surface area contributed by atoms with Crippen LogP contribution in [0.4, 0.5) is 0 Å². The van der Waals surface area contributed by atoms with Gasteiger partial charge in [0, 0.05) is 12.4 Å². The molecule has 0 aromatic rings. The highest BCUT2D eigenvalue weighted by molar-refractivity contribution is 6.17. The van der Waals surface area contributed by atoms with Crippen molar-refractivity contribution in [3.8, 4) is 0 Å². The highest BCUT2D eigenvalue weighted by Gasteiger charge is 2.16. The van der Waals surface area contributed by atoms with Crippen molar-refractivity contribution in [2.24, 2.45) is 5.92 Å². The average Bonchev–Trinajstić information content (AvgIpc) is 2.57. The topological polar surface area (TPSA) is 3.24 Å². The monoisotopic (exact) mass is 203 g/mol. The zero-order valence-corrected chi connectivity index (χ0v) is 9.52. The van der Waals surface area contributed by atoms with Crippen LogP contribution in [0.5, 0.6) is 0 Å². The molecular weight excluding hydrogens is 182 g/mol. The normalized spacial score (nSPS) is 18.7. The molecule has 1 aliphatic carbocycles. The van der Waals surface area contributed by atoms with Gasteiger partial charge in [0.05, 0.1) is 0 Å². The van der Waals surface area contributed by atoms with E-state index in [0.717, 1.165) is 18.2 Å². The van der Waals surface area contributed by atoms with Gasteiger partial charge in [-0.1, -0.05) is 12.8 Å². The van der Waals surface area contributed by atoms with Gasteiger partial charge in [-0.05, 0) is 45.2 Å². The van der Waals surface area contributed by atoms with Crippen LogP contribution in [-0.4, -0.2) is 30.9 Å². The lowest BCUT2D eigenvalue weighted by atomic mass is 10.1. The second kappa shape index (κ2) is 6.67. The van der Waals surface area contributed by atoms with E-state index in [2.05, 4.69) is 11.9 Å². The SMILES string of the molecule is CN(CCCCCl)CC1CCCC1. The molecule has 2 heteroatoms. The van der Waals surface area contributed by atoms with E-state index in [1.165, 1.54) is 45.2 Å². The van der Waals surface area contributed by atoms with Crippen molar-refractivity contribution in [1.82, 2.24) is 4.90 Å². The van der Waals surface area contributed by atoms with Crippen molar-refractivity contribution >= 4 is 11.6 Å². The van der Waals surface area contributed by atoms with Crippen LogP contribution < -0.4 is 0 Å². The van der Waals surface area contributed by atoms with Gasteiger partial charge in [-0.2, -0.15) is 0 Å². The van der Waals surface area contributed by atoms with Crippen LogP contribution >= 0.6 is 11.6 Å². The summed E-state index contributed by atoms with van der Waals surface area (Å²) < 4.78 is 0. The summed E-state index contributed by atoms with van der Waals surface area (Å²) in [4.78, 5) is 2.47. The van der Waals surface area contributed by atoms with E-state index in [1.54, 1.807) is 0 Å². The zero-order chi connectivity index (χ0) is 9.52. The molecule has 0 unspecified atom stereocenters. The number of rotatable bonds is 6. The van der Waals surface area contributed by atoms with Crippen LogP contribution in [0.2, 0.25) is 0 Å². The Hall–Kier alpha value is 0.250. The highest BCUT2D eigenvalue weighted by Crippen LogP contribution is 2.25. The van der Waals surface area contributed by atoms with Gasteiger partial charge >= 0.3 is 0 Å². The van der Waals surface area contributed by atoms with E-state index < -0.39 is 0 Å². The Kier molecular flexibility index (Phi) is 5.81. The van der Waals surface area contributed by atoms with Crippen LogP contribution in [0.15, 0.2) is 0 Å². The van der Waals surface area contributed by atoms with Gasteiger partial charge in [-0.25, -0.2) is 0 Å². The van der Waals surface area contributed by atoms with E-state index in [4.69, 9.17) is 11.6 Å². The molecule has 0 bridgehead atoms. The van der Waals surface area contributed by atoms with Gasteiger partial charge in [-0.3, -0.25) is 0 Å². The van der Waals surface area contributed by atoms with Crippen LogP contribution in [0.1, 0.15) is 38.5 Å². The first-order valence-electron chi connectivity index (χ1n) is 5.57. The van der Waals surface area contributed by atoms with Crippen LogP contribution in [0.3, 0.4) is 0 Å². The molecule has 1 rings (SSSR count). The Labute approximate surface area is 87.4 Å². The molecule has 0 radical (unpaired) electrons. The third kappa shape index (κ3) is 4.87. The summed E-state index contributed by atoms with van der Waals surface area (Å²) in [6.45, 7) is 2.53. The molecule has 1 nitrogen and oxygen atoms in total. The summed E-state index contributed by atoms with van der Waals surface area (Å²) in [5.74, 6) is 1.80. The van der Waals surface area contributed by atoms with Crippen LogP contribution in [-0.2, 0) is 0 Å². The molecule has 0 aromatic carbocycles. The number of alkyl halides is 1. The summed E-state index contributed by atoms with van der Waals surface area (Å²) in [6, 6.07) is 0. The standard InChI is InChI=1S/C11H22ClN/c1-13(9-5-4-8-12)10-11-6-2-3-7-11/h11H,2-10H2,1H3. The third-order valence-corrected chi connectivity index (χ3v) is 3.24. The molecule has 78 valence electrons. The summed E-state index contributed by atoms with van der Waals surface area (Å²) in [5.41, 5.74) is 0. The van der Waals surface area contributed by atoms with Gasteiger partial charge in [-0.15, -0.1) is 11.6 Å². The molecule has 1 aliphatic rings. The summed E-state index contributed by atoms with van der Waals surface area (Å²) in [5, 5.41) is 0. The molecule has 0 aliphatic heterocycles. The van der Waals surface area contributed by atoms with Crippen molar-refractivity contribution in [1.29, 1.82) is 0 Å². The summed E-state index contributed by atoms with van der Waals surface area (Å²) in [6.07, 6.45) is 8.25. The molecule has 0 N–H and O–H groups in total. The maximum atomic E-state index is 5.64. The predicted molar refractivity (Wildman–Crippen MR) is 59.4 cm³/mol. The Balaban J connectivity index is 1.99. The van der Waals surface area contributed by atoms with Gasteiger partial charge in [0.15, 0.2) is 0 Å². The maximum Gasteiger partial charge on any atom is 0.0223 e. The van der Waals surface area contributed by atoms with Crippen molar-refractivity contribution in [2.45, 2.75) is 38.5 Å². The lowest BCUT2D eigenvalue weighted by molar-refractivity contribution is 0.274. The van der Waals surface area contributed by atoms with Gasteiger partial charge < -0.3 is 4.90 Å². The first-order chi connectivity index (χ1) is 6.33. The fourth-order valence-electron chi connectivity index (χ4n) is 2.20. The molecule has 0 spiro atoms. The largest absolute Gasteiger partial charge is 0.306 e. The minimum Gasteiger partial charge on any atom is -0.306 e. The Morgan fingerprint density at radius 2 is 1.92 bits per heavy atom. The predicted octanol–water partition coefficient (Wildman–Crippen LogP) is 3.13.